The van der Waals surface area contributed by atoms with Gasteiger partial charge in [0.25, 0.3) is 0 Å². The molecule has 20 heavy (non-hydrogen) atoms. The summed E-state index contributed by atoms with van der Waals surface area (Å²) in [5.74, 6) is -0.257. The van der Waals surface area contributed by atoms with Crippen LogP contribution in [0.2, 0.25) is 0 Å². The van der Waals surface area contributed by atoms with Crippen molar-refractivity contribution in [2.75, 3.05) is 7.05 Å². The van der Waals surface area contributed by atoms with E-state index in [9.17, 15) is 9.18 Å². The van der Waals surface area contributed by atoms with Crippen LogP contribution < -0.4 is 0 Å². The molecule has 0 fully saturated rings. The van der Waals surface area contributed by atoms with Crippen molar-refractivity contribution in [1.29, 1.82) is 0 Å². The van der Waals surface area contributed by atoms with Crippen molar-refractivity contribution >= 4 is 5.91 Å². The highest BCUT2D eigenvalue weighted by atomic mass is 19.1. The molecule has 1 aromatic carbocycles. The topological polar surface area (TPSA) is 33.2 Å². The van der Waals surface area contributed by atoms with Gasteiger partial charge in [0.15, 0.2) is 0 Å². The molecule has 0 aliphatic heterocycles. The molecule has 0 aliphatic rings. The minimum Gasteiger partial charge on any atom is -0.341 e. The Bertz CT molecular complexity index is 572. The van der Waals surface area contributed by atoms with Gasteiger partial charge in [0.2, 0.25) is 5.91 Å². The van der Waals surface area contributed by atoms with E-state index in [1.165, 1.54) is 6.07 Å². The standard InChI is InChI=1S/C16H17FN2O/c1-19(12-13-5-4-10-18-11-13)16(20)9-8-14-6-2-3-7-15(14)17/h2-7,10-11H,8-9,12H2,1H3. The molecule has 104 valence electrons. The van der Waals surface area contributed by atoms with Crippen LogP contribution in [0.25, 0.3) is 0 Å². The fraction of sp³-hybridized carbons (Fsp3) is 0.250. The van der Waals surface area contributed by atoms with Crippen LogP contribution in [0.3, 0.4) is 0 Å². The van der Waals surface area contributed by atoms with E-state index in [1.54, 1.807) is 42.5 Å². The molecule has 2 aromatic rings. The van der Waals surface area contributed by atoms with Crippen LogP contribution >= 0.6 is 0 Å². The van der Waals surface area contributed by atoms with E-state index < -0.39 is 0 Å². The molecule has 1 amide bonds. The van der Waals surface area contributed by atoms with Crippen LogP contribution in [0, 0.1) is 5.82 Å². The Balaban J connectivity index is 1.87. The van der Waals surface area contributed by atoms with Crippen molar-refractivity contribution in [3.05, 3.63) is 65.7 Å². The Labute approximate surface area is 118 Å². The highest BCUT2D eigenvalue weighted by molar-refractivity contribution is 5.76. The second kappa shape index (κ2) is 6.80. The van der Waals surface area contributed by atoms with E-state index in [2.05, 4.69) is 4.98 Å². The van der Waals surface area contributed by atoms with E-state index in [-0.39, 0.29) is 11.7 Å². The Morgan fingerprint density at radius 3 is 2.75 bits per heavy atom. The first-order valence-corrected chi connectivity index (χ1v) is 6.53. The predicted octanol–water partition coefficient (Wildman–Crippen LogP) is 2.81. The largest absolute Gasteiger partial charge is 0.341 e. The lowest BCUT2D eigenvalue weighted by Gasteiger charge is -2.17. The molecule has 0 aliphatic carbocycles. The molecule has 0 atom stereocenters. The van der Waals surface area contributed by atoms with Crippen molar-refractivity contribution < 1.29 is 9.18 Å². The van der Waals surface area contributed by atoms with Crippen molar-refractivity contribution in [1.82, 2.24) is 9.88 Å². The van der Waals surface area contributed by atoms with Crippen LogP contribution in [0.5, 0.6) is 0 Å². The van der Waals surface area contributed by atoms with Gasteiger partial charge in [0.05, 0.1) is 0 Å². The molecule has 0 saturated heterocycles. The number of pyridine rings is 1. The summed E-state index contributed by atoms with van der Waals surface area (Å²) >= 11 is 0. The van der Waals surface area contributed by atoms with Crippen molar-refractivity contribution in [3.63, 3.8) is 0 Å². The normalized spacial score (nSPS) is 10.3. The predicted molar refractivity (Wildman–Crippen MR) is 75.4 cm³/mol. The second-order valence-corrected chi connectivity index (χ2v) is 4.70. The molecule has 0 radical (unpaired) electrons. The van der Waals surface area contributed by atoms with Gasteiger partial charge in [0.1, 0.15) is 5.82 Å². The number of aromatic nitrogens is 1. The zero-order chi connectivity index (χ0) is 14.4. The number of nitrogens with zero attached hydrogens (tertiary/aromatic N) is 2. The Kier molecular flexibility index (Phi) is 4.82. The molecule has 0 saturated carbocycles. The van der Waals surface area contributed by atoms with Gasteiger partial charge in [-0.2, -0.15) is 0 Å². The second-order valence-electron chi connectivity index (χ2n) is 4.70. The molecule has 2 rings (SSSR count). The highest BCUT2D eigenvalue weighted by Crippen LogP contribution is 2.10. The Morgan fingerprint density at radius 2 is 2.05 bits per heavy atom. The van der Waals surface area contributed by atoms with Gasteiger partial charge < -0.3 is 4.90 Å². The average Bonchev–Trinajstić information content (AvgIpc) is 2.47. The van der Waals surface area contributed by atoms with Crippen LogP contribution in [0.15, 0.2) is 48.8 Å². The van der Waals surface area contributed by atoms with E-state index in [0.717, 1.165) is 5.56 Å². The maximum atomic E-state index is 13.5. The average molecular weight is 272 g/mol. The molecule has 0 spiro atoms. The maximum absolute atomic E-state index is 13.5. The first kappa shape index (κ1) is 14.2. The fourth-order valence-electron chi connectivity index (χ4n) is 1.99. The maximum Gasteiger partial charge on any atom is 0.222 e. The molecule has 0 bridgehead atoms. The van der Waals surface area contributed by atoms with Gasteiger partial charge in [0, 0.05) is 32.4 Å². The number of halogens is 1. The lowest BCUT2D eigenvalue weighted by Crippen LogP contribution is -2.26. The first-order chi connectivity index (χ1) is 9.66. The minimum absolute atomic E-state index is 0.00268. The summed E-state index contributed by atoms with van der Waals surface area (Å²) in [7, 11) is 1.75. The minimum atomic E-state index is -0.254. The van der Waals surface area contributed by atoms with Gasteiger partial charge in [-0.1, -0.05) is 24.3 Å². The van der Waals surface area contributed by atoms with Gasteiger partial charge in [-0.3, -0.25) is 9.78 Å². The van der Waals surface area contributed by atoms with E-state index in [4.69, 9.17) is 0 Å². The summed E-state index contributed by atoms with van der Waals surface area (Å²) in [4.78, 5) is 17.7. The van der Waals surface area contributed by atoms with Gasteiger partial charge in [-0.25, -0.2) is 4.39 Å². The monoisotopic (exact) mass is 272 g/mol. The number of aryl methyl sites for hydroxylation is 1. The highest BCUT2D eigenvalue weighted by Gasteiger charge is 2.10. The number of carbonyl (C=O) groups excluding carboxylic acids is 1. The molecule has 1 aromatic heterocycles. The van der Waals surface area contributed by atoms with Crippen LogP contribution in [-0.2, 0) is 17.8 Å². The van der Waals surface area contributed by atoms with Gasteiger partial charge in [-0.05, 0) is 29.7 Å². The van der Waals surface area contributed by atoms with Crippen molar-refractivity contribution in [2.45, 2.75) is 19.4 Å². The number of hydrogen-bond donors (Lipinski definition) is 0. The number of amides is 1. The van der Waals surface area contributed by atoms with Crippen LogP contribution in [-0.4, -0.2) is 22.8 Å². The van der Waals surface area contributed by atoms with E-state index in [0.29, 0.717) is 24.9 Å². The molecule has 0 N–H and O–H groups in total. The van der Waals surface area contributed by atoms with Crippen LogP contribution in [0.1, 0.15) is 17.5 Å². The molecule has 0 unspecified atom stereocenters. The first-order valence-electron chi connectivity index (χ1n) is 6.53. The lowest BCUT2D eigenvalue weighted by atomic mass is 10.1. The number of benzene rings is 1. The van der Waals surface area contributed by atoms with Crippen molar-refractivity contribution in [3.8, 4) is 0 Å². The van der Waals surface area contributed by atoms with Gasteiger partial charge >= 0.3 is 0 Å². The molecular weight excluding hydrogens is 255 g/mol. The number of rotatable bonds is 5. The Morgan fingerprint density at radius 1 is 1.25 bits per heavy atom. The smallest absolute Gasteiger partial charge is 0.222 e. The van der Waals surface area contributed by atoms with E-state index >= 15 is 0 Å². The summed E-state index contributed by atoms with van der Waals surface area (Å²) in [6, 6.07) is 10.3. The Hall–Kier alpha value is -2.23. The summed E-state index contributed by atoms with van der Waals surface area (Å²) in [6.45, 7) is 0.518. The summed E-state index contributed by atoms with van der Waals surface area (Å²) < 4.78 is 13.5. The summed E-state index contributed by atoms with van der Waals surface area (Å²) in [5, 5.41) is 0. The van der Waals surface area contributed by atoms with Crippen molar-refractivity contribution in [2.24, 2.45) is 0 Å². The molecule has 3 nitrogen and oxygen atoms in total. The SMILES string of the molecule is CN(Cc1cccnc1)C(=O)CCc1ccccc1F. The quantitative estimate of drug-likeness (QED) is 0.838. The van der Waals surface area contributed by atoms with Crippen LogP contribution in [0.4, 0.5) is 4.39 Å². The number of hydrogen-bond acceptors (Lipinski definition) is 2. The lowest BCUT2D eigenvalue weighted by molar-refractivity contribution is -0.130. The summed E-state index contributed by atoms with van der Waals surface area (Å²) in [6.07, 6.45) is 4.16. The fourth-order valence-corrected chi connectivity index (χ4v) is 1.99. The third-order valence-electron chi connectivity index (χ3n) is 3.13. The zero-order valence-electron chi connectivity index (χ0n) is 11.4. The number of carbonyl (C=O) groups is 1. The molecular formula is C16H17FN2O. The third-order valence-corrected chi connectivity index (χ3v) is 3.13. The summed E-state index contributed by atoms with van der Waals surface area (Å²) in [5.41, 5.74) is 1.56. The molecule has 4 heteroatoms. The molecule has 1 heterocycles. The third kappa shape index (κ3) is 3.88. The van der Waals surface area contributed by atoms with E-state index in [1.807, 2.05) is 12.1 Å². The zero-order valence-corrected chi connectivity index (χ0v) is 11.4. The van der Waals surface area contributed by atoms with Gasteiger partial charge in [-0.15, -0.1) is 0 Å².